The van der Waals surface area contributed by atoms with Gasteiger partial charge in [0.25, 0.3) is 5.91 Å². The number of nitrogens with zero attached hydrogens (tertiary/aromatic N) is 1. The summed E-state index contributed by atoms with van der Waals surface area (Å²) in [5, 5.41) is 3.08. The van der Waals surface area contributed by atoms with Crippen LogP contribution in [0.5, 0.6) is 0 Å². The zero-order valence-corrected chi connectivity index (χ0v) is 21.4. The molecule has 4 rings (SSSR count). The molecule has 2 amide bonds. The van der Waals surface area contributed by atoms with Crippen LogP contribution in [-0.4, -0.2) is 47.9 Å². The van der Waals surface area contributed by atoms with Crippen LogP contribution in [0.25, 0.3) is 0 Å². The number of hydrogen-bond donors (Lipinski definition) is 1. The van der Waals surface area contributed by atoms with E-state index < -0.39 is 0 Å². The van der Waals surface area contributed by atoms with Gasteiger partial charge in [-0.25, -0.2) is 0 Å². The van der Waals surface area contributed by atoms with Gasteiger partial charge in [0.2, 0.25) is 5.91 Å². The number of aryl methyl sites for hydroxylation is 1. The third kappa shape index (κ3) is 6.97. The molecule has 186 valence electrons. The maximum atomic E-state index is 13.3. The van der Waals surface area contributed by atoms with E-state index in [9.17, 15) is 14.4 Å². The van der Waals surface area contributed by atoms with Crippen molar-refractivity contribution in [1.29, 1.82) is 0 Å². The summed E-state index contributed by atoms with van der Waals surface area (Å²) >= 11 is 1.42. The second-order valence-corrected chi connectivity index (χ2v) is 10.9. The number of benzene rings is 2. The van der Waals surface area contributed by atoms with E-state index in [1.807, 2.05) is 60.4 Å². The molecule has 2 fully saturated rings. The van der Waals surface area contributed by atoms with Crippen molar-refractivity contribution < 1.29 is 14.4 Å². The molecule has 35 heavy (non-hydrogen) atoms. The predicted octanol–water partition coefficient (Wildman–Crippen LogP) is 5.52. The summed E-state index contributed by atoms with van der Waals surface area (Å²) in [7, 11) is 0. The first-order valence-corrected chi connectivity index (χ1v) is 13.9. The van der Waals surface area contributed by atoms with Gasteiger partial charge < -0.3 is 10.2 Å². The minimum atomic E-state index is -0.0424. The molecular formula is C29H36N2O3S. The van der Waals surface area contributed by atoms with Crippen molar-refractivity contribution in [2.24, 2.45) is 11.8 Å². The number of amides is 2. The smallest absolute Gasteiger partial charge is 0.254 e. The number of likely N-dealkylation sites (tertiary alicyclic amines) is 1. The van der Waals surface area contributed by atoms with Gasteiger partial charge in [0.05, 0.1) is 11.3 Å². The van der Waals surface area contributed by atoms with Crippen molar-refractivity contribution in [2.45, 2.75) is 56.8 Å². The highest BCUT2D eigenvalue weighted by molar-refractivity contribution is 8.00. The summed E-state index contributed by atoms with van der Waals surface area (Å²) in [6.45, 7) is 3.92. The molecule has 1 aliphatic heterocycles. The molecule has 0 aromatic heterocycles. The van der Waals surface area contributed by atoms with Crippen molar-refractivity contribution in [3.8, 4) is 0 Å². The predicted molar refractivity (Wildman–Crippen MR) is 141 cm³/mol. The Hall–Kier alpha value is -2.60. The van der Waals surface area contributed by atoms with Crippen molar-refractivity contribution in [1.82, 2.24) is 10.2 Å². The van der Waals surface area contributed by atoms with E-state index in [0.29, 0.717) is 43.2 Å². The molecule has 6 heteroatoms. The third-order valence-electron chi connectivity index (χ3n) is 7.28. The largest absolute Gasteiger partial charge is 0.355 e. The number of Topliss-reactive ketones (excluding diaryl/α,β-unsaturated/α-hetero) is 1. The Bertz CT molecular complexity index is 1020. The van der Waals surface area contributed by atoms with E-state index >= 15 is 0 Å². The van der Waals surface area contributed by atoms with Crippen molar-refractivity contribution in [2.75, 3.05) is 25.4 Å². The Morgan fingerprint density at radius 2 is 1.60 bits per heavy atom. The van der Waals surface area contributed by atoms with E-state index in [4.69, 9.17) is 0 Å². The number of rotatable bonds is 8. The maximum Gasteiger partial charge on any atom is 0.254 e. The highest BCUT2D eigenvalue weighted by Gasteiger charge is 2.29. The van der Waals surface area contributed by atoms with Gasteiger partial charge in [0, 0.05) is 36.0 Å². The molecule has 2 aromatic rings. The first-order chi connectivity index (χ1) is 17.0. The molecular weight excluding hydrogens is 456 g/mol. The Morgan fingerprint density at radius 1 is 0.914 bits per heavy atom. The number of nitrogens with one attached hydrogen (secondary N) is 1. The molecule has 0 bridgehead atoms. The van der Waals surface area contributed by atoms with Crippen LogP contribution in [0, 0.1) is 18.8 Å². The SMILES string of the molecule is Cc1ccc(C(=O)C2CCN(C(=O)c3ccccc3SCC(=O)NCC3CCCCC3)CC2)cc1. The van der Waals surface area contributed by atoms with Crippen LogP contribution in [-0.2, 0) is 4.79 Å². The number of thioether (sulfide) groups is 1. The summed E-state index contributed by atoms with van der Waals surface area (Å²) in [6.07, 6.45) is 7.61. The van der Waals surface area contributed by atoms with Gasteiger partial charge in [-0.05, 0) is 50.7 Å². The van der Waals surface area contributed by atoms with E-state index in [0.717, 1.165) is 22.6 Å². The third-order valence-corrected chi connectivity index (χ3v) is 8.35. The van der Waals surface area contributed by atoms with Gasteiger partial charge in [0.1, 0.15) is 0 Å². The molecule has 0 spiro atoms. The Kier molecular flexibility index (Phi) is 9.02. The van der Waals surface area contributed by atoms with Crippen molar-refractivity contribution >= 4 is 29.4 Å². The van der Waals surface area contributed by atoms with Crippen LogP contribution in [0.15, 0.2) is 53.4 Å². The van der Waals surface area contributed by atoms with Gasteiger partial charge in [-0.3, -0.25) is 14.4 Å². The minimum Gasteiger partial charge on any atom is -0.355 e. The first kappa shape index (κ1) is 25.5. The quantitative estimate of drug-likeness (QED) is 0.389. The molecule has 1 N–H and O–H groups in total. The molecule has 1 heterocycles. The summed E-state index contributed by atoms with van der Waals surface area (Å²) in [5.41, 5.74) is 2.53. The minimum absolute atomic E-state index is 0.0167. The molecule has 0 atom stereocenters. The summed E-state index contributed by atoms with van der Waals surface area (Å²) in [6, 6.07) is 15.3. The zero-order valence-electron chi connectivity index (χ0n) is 20.6. The number of carbonyl (C=O) groups is 3. The van der Waals surface area contributed by atoms with Crippen LogP contribution in [0.3, 0.4) is 0 Å². The number of hydrogen-bond acceptors (Lipinski definition) is 4. The molecule has 1 aliphatic carbocycles. The fourth-order valence-corrected chi connectivity index (χ4v) is 5.96. The summed E-state index contributed by atoms with van der Waals surface area (Å²) < 4.78 is 0. The maximum absolute atomic E-state index is 13.3. The van der Waals surface area contributed by atoms with Crippen LogP contribution in [0.2, 0.25) is 0 Å². The number of ketones is 1. The lowest BCUT2D eigenvalue weighted by molar-refractivity contribution is -0.118. The highest BCUT2D eigenvalue weighted by Crippen LogP contribution is 2.28. The van der Waals surface area contributed by atoms with E-state index in [1.54, 1.807) is 0 Å². The Morgan fingerprint density at radius 3 is 2.31 bits per heavy atom. The highest BCUT2D eigenvalue weighted by atomic mass is 32.2. The first-order valence-electron chi connectivity index (χ1n) is 12.9. The topological polar surface area (TPSA) is 66.5 Å². The van der Waals surface area contributed by atoms with Gasteiger partial charge in [-0.15, -0.1) is 11.8 Å². The lowest BCUT2D eigenvalue weighted by atomic mass is 9.88. The molecule has 1 saturated carbocycles. The monoisotopic (exact) mass is 492 g/mol. The normalized spacial score (nSPS) is 17.2. The van der Waals surface area contributed by atoms with Crippen LogP contribution in [0.1, 0.15) is 71.2 Å². The van der Waals surface area contributed by atoms with Crippen molar-refractivity contribution in [3.63, 3.8) is 0 Å². The van der Waals surface area contributed by atoms with Crippen LogP contribution >= 0.6 is 11.8 Å². The van der Waals surface area contributed by atoms with Gasteiger partial charge in [-0.1, -0.05) is 61.2 Å². The fraction of sp³-hybridized carbons (Fsp3) is 0.483. The Balaban J connectivity index is 1.28. The van der Waals surface area contributed by atoms with Crippen molar-refractivity contribution in [3.05, 3.63) is 65.2 Å². The molecule has 2 aliphatic rings. The van der Waals surface area contributed by atoms with Gasteiger partial charge in [0.15, 0.2) is 5.78 Å². The average molecular weight is 493 g/mol. The lowest BCUT2D eigenvalue weighted by Gasteiger charge is -2.32. The summed E-state index contributed by atoms with van der Waals surface area (Å²) in [4.78, 5) is 41.3. The Labute approximate surface area is 213 Å². The average Bonchev–Trinajstić information content (AvgIpc) is 2.91. The van der Waals surface area contributed by atoms with Gasteiger partial charge >= 0.3 is 0 Å². The molecule has 5 nitrogen and oxygen atoms in total. The van der Waals surface area contributed by atoms with Crippen LogP contribution in [0.4, 0.5) is 0 Å². The fourth-order valence-electron chi connectivity index (χ4n) is 5.08. The number of piperidine rings is 1. The van der Waals surface area contributed by atoms with E-state index in [1.165, 1.54) is 43.9 Å². The van der Waals surface area contributed by atoms with E-state index in [-0.39, 0.29) is 23.5 Å². The van der Waals surface area contributed by atoms with Crippen LogP contribution < -0.4 is 5.32 Å². The van der Waals surface area contributed by atoms with Gasteiger partial charge in [-0.2, -0.15) is 0 Å². The standard InChI is InChI=1S/C29H36N2O3S/c1-21-11-13-23(14-12-21)28(33)24-15-17-31(18-16-24)29(34)25-9-5-6-10-26(25)35-20-27(32)30-19-22-7-3-2-4-8-22/h5-6,9-14,22,24H,2-4,7-8,15-20H2,1H3,(H,30,32). The lowest BCUT2D eigenvalue weighted by Crippen LogP contribution is -2.40. The van der Waals surface area contributed by atoms with E-state index in [2.05, 4.69) is 5.32 Å². The number of carbonyl (C=O) groups excluding carboxylic acids is 3. The zero-order chi connectivity index (χ0) is 24.6. The molecule has 1 saturated heterocycles. The second kappa shape index (κ2) is 12.4. The molecule has 0 unspecified atom stereocenters. The molecule has 2 aromatic carbocycles. The molecule has 0 radical (unpaired) electrons. The second-order valence-electron chi connectivity index (χ2n) is 9.89. The summed E-state index contributed by atoms with van der Waals surface area (Å²) in [5.74, 6) is 1.05.